The van der Waals surface area contributed by atoms with Crippen LogP contribution in [0, 0.1) is 6.92 Å². The van der Waals surface area contributed by atoms with E-state index in [1.807, 2.05) is 37.3 Å². The molecule has 0 bridgehead atoms. The lowest BCUT2D eigenvalue weighted by Gasteiger charge is -2.19. The van der Waals surface area contributed by atoms with Crippen LogP contribution in [0.5, 0.6) is 5.75 Å². The molecule has 3 rings (SSSR count). The van der Waals surface area contributed by atoms with Crippen molar-refractivity contribution < 1.29 is 18.3 Å². The normalized spacial score (nSPS) is 15.2. The Morgan fingerprint density at radius 2 is 1.88 bits per heavy atom. The summed E-state index contributed by atoms with van der Waals surface area (Å²) in [4.78, 5) is 0.151. The van der Waals surface area contributed by atoms with Crippen molar-refractivity contribution in [1.82, 2.24) is 4.72 Å². The first-order valence-electron chi connectivity index (χ1n) is 7.63. The van der Waals surface area contributed by atoms with E-state index in [1.54, 1.807) is 24.3 Å². The maximum Gasteiger partial charge on any atom is 0.240 e. The fraction of sp³-hybridized carbons (Fsp3) is 0.222. The van der Waals surface area contributed by atoms with Gasteiger partial charge in [-0.1, -0.05) is 42.5 Å². The van der Waals surface area contributed by atoms with Crippen LogP contribution in [0.1, 0.15) is 22.8 Å². The van der Waals surface area contributed by atoms with E-state index in [0.717, 1.165) is 11.1 Å². The van der Waals surface area contributed by atoms with Gasteiger partial charge in [0, 0.05) is 12.1 Å². The molecule has 2 N–H and O–H groups in total. The minimum absolute atomic E-state index is 0.0210. The van der Waals surface area contributed by atoms with Gasteiger partial charge in [0.05, 0.1) is 11.0 Å². The van der Waals surface area contributed by atoms with Crippen LogP contribution in [-0.2, 0) is 10.0 Å². The predicted octanol–water partition coefficient (Wildman–Crippen LogP) is 2.38. The topological polar surface area (TPSA) is 75.6 Å². The van der Waals surface area contributed by atoms with E-state index in [9.17, 15) is 13.5 Å². The molecule has 1 atom stereocenters. The maximum absolute atomic E-state index is 12.4. The third-order valence-corrected chi connectivity index (χ3v) is 5.44. The van der Waals surface area contributed by atoms with Gasteiger partial charge in [0.15, 0.2) is 0 Å². The zero-order valence-electron chi connectivity index (χ0n) is 13.3. The molecule has 126 valence electrons. The molecule has 0 aromatic heterocycles. The van der Waals surface area contributed by atoms with Gasteiger partial charge in [-0.05, 0) is 30.2 Å². The second kappa shape index (κ2) is 6.76. The number of benzene rings is 2. The van der Waals surface area contributed by atoms with E-state index < -0.39 is 16.1 Å². The summed E-state index contributed by atoms with van der Waals surface area (Å²) in [6.45, 7) is 1.76. The number of sulfonamides is 1. The summed E-state index contributed by atoms with van der Waals surface area (Å²) in [5, 5.41) is 10.2. The Bertz CT molecular complexity index is 874. The van der Waals surface area contributed by atoms with E-state index in [-0.39, 0.29) is 18.1 Å². The van der Waals surface area contributed by atoms with Crippen LogP contribution in [0.15, 0.2) is 53.4 Å². The molecule has 0 aliphatic carbocycles. The predicted molar refractivity (Wildman–Crippen MR) is 93.0 cm³/mol. The van der Waals surface area contributed by atoms with Crippen LogP contribution < -0.4 is 9.46 Å². The van der Waals surface area contributed by atoms with Gasteiger partial charge in [0.1, 0.15) is 12.4 Å². The first kappa shape index (κ1) is 16.7. The molecule has 1 heterocycles. The van der Waals surface area contributed by atoms with Gasteiger partial charge in [-0.2, -0.15) is 0 Å². The molecule has 0 radical (unpaired) electrons. The van der Waals surface area contributed by atoms with Crippen LogP contribution in [0.3, 0.4) is 0 Å². The van der Waals surface area contributed by atoms with Crippen molar-refractivity contribution in [2.24, 2.45) is 0 Å². The lowest BCUT2D eigenvalue weighted by atomic mass is 10.0. The van der Waals surface area contributed by atoms with Crippen molar-refractivity contribution in [3.8, 4) is 5.75 Å². The van der Waals surface area contributed by atoms with Gasteiger partial charge in [-0.3, -0.25) is 0 Å². The van der Waals surface area contributed by atoms with E-state index in [0.29, 0.717) is 11.3 Å². The molecule has 6 heteroatoms. The van der Waals surface area contributed by atoms with Crippen molar-refractivity contribution in [2.75, 3.05) is 13.2 Å². The molecule has 1 aliphatic rings. The monoisotopic (exact) mass is 345 g/mol. The molecule has 2 aromatic rings. The van der Waals surface area contributed by atoms with Crippen LogP contribution in [-0.4, -0.2) is 26.7 Å². The van der Waals surface area contributed by atoms with E-state index in [1.165, 1.54) is 0 Å². The first-order valence-corrected chi connectivity index (χ1v) is 9.11. The zero-order chi connectivity index (χ0) is 17.2. The number of para-hydroxylation sites is 1. The molecule has 0 spiro atoms. The summed E-state index contributed by atoms with van der Waals surface area (Å²) in [6.07, 6.45) is 0.694. The molecule has 1 unspecified atom stereocenters. The van der Waals surface area contributed by atoms with E-state index >= 15 is 0 Å². The molecule has 5 nitrogen and oxygen atoms in total. The minimum atomic E-state index is -3.72. The molecule has 0 saturated carbocycles. The van der Waals surface area contributed by atoms with Gasteiger partial charge < -0.3 is 9.84 Å². The Morgan fingerprint density at radius 3 is 2.67 bits per heavy atom. The number of nitrogens with one attached hydrogen (secondary N) is 1. The van der Waals surface area contributed by atoms with Gasteiger partial charge in [-0.15, -0.1) is 0 Å². The van der Waals surface area contributed by atoms with Gasteiger partial charge in [0.2, 0.25) is 10.0 Å². The van der Waals surface area contributed by atoms with E-state index in [4.69, 9.17) is 4.74 Å². The Balaban J connectivity index is 1.73. The molecule has 0 amide bonds. The third-order valence-electron chi connectivity index (χ3n) is 3.96. The van der Waals surface area contributed by atoms with Crippen molar-refractivity contribution >= 4 is 16.1 Å². The Kier molecular flexibility index (Phi) is 4.71. The molecule has 24 heavy (non-hydrogen) atoms. The highest BCUT2D eigenvalue weighted by Crippen LogP contribution is 2.27. The molecule has 2 aromatic carbocycles. The number of hydrogen-bond acceptors (Lipinski definition) is 4. The lowest BCUT2D eigenvalue weighted by molar-refractivity contribution is 0.181. The number of rotatable bonds is 5. The summed E-state index contributed by atoms with van der Waals surface area (Å²) in [5.74, 6) is 0.663. The molecular weight excluding hydrogens is 326 g/mol. The Hall–Kier alpha value is -2.15. The van der Waals surface area contributed by atoms with Gasteiger partial charge in [-0.25, -0.2) is 13.1 Å². The standard InChI is InChI=1S/C18H19NO4S/c1-13-6-2-4-8-16(13)17(20)11-19-24(21,22)15-10-14-7-3-5-9-18(14)23-12-15/h2-10,17,19-20H,11-12H2,1H3. The highest BCUT2D eigenvalue weighted by molar-refractivity contribution is 7.93. The average molecular weight is 345 g/mol. The van der Waals surface area contributed by atoms with Crippen molar-refractivity contribution in [1.29, 1.82) is 0 Å². The highest BCUT2D eigenvalue weighted by atomic mass is 32.2. The summed E-state index contributed by atoms with van der Waals surface area (Å²) in [6, 6.07) is 14.6. The second-order valence-electron chi connectivity index (χ2n) is 5.66. The number of aryl methyl sites for hydroxylation is 1. The number of ether oxygens (including phenoxy) is 1. The number of hydrogen-bond donors (Lipinski definition) is 2. The lowest BCUT2D eigenvalue weighted by Crippen LogP contribution is -2.32. The summed E-state index contributed by atoms with van der Waals surface area (Å²) < 4.78 is 32.8. The van der Waals surface area contributed by atoms with Crippen LogP contribution in [0.4, 0.5) is 0 Å². The Morgan fingerprint density at radius 1 is 1.17 bits per heavy atom. The largest absolute Gasteiger partial charge is 0.487 e. The fourth-order valence-electron chi connectivity index (χ4n) is 2.60. The molecule has 1 aliphatic heterocycles. The number of aliphatic hydroxyl groups is 1. The fourth-order valence-corrected chi connectivity index (χ4v) is 3.66. The summed E-state index contributed by atoms with van der Waals surface area (Å²) in [5.41, 5.74) is 2.35. The smallest absolute Gasteiger partial charge is 0.240 e. The van der Waals surface area contributed by atoms with Crippen LogP contribution in [0.25, 0.3) is 6.08 Å². The molecule has 0 saturated heterocycles. The molecular formula is C18H19NO4S. The van der Waals surface area contributed by atoms with Gasteiger partial charge in [0.25, 0.3) is 0 Å². The van der Waals surface area contributed by atoms with Crippen molar-refractivity contribution in [3.63, 3.8) is 0 Å². The minimum Gasteiger partial charge on any atom is -0.487 e. The first-order chi connectivity index (χ1) is 11.5. The number of aliphatic hydroxyl groups excluding tert-OH is 1. The van der Waals surface area contributed by atoms with Crippen LogP contribution >= 0.6 is 0 Å². The quantitative estimate of drug-likeness (QED) is 0.872. The highest BCUT2D eigenvalue weighted by Gasteiger charge is 2.23. The summed E-state index contributed by atoms with van der Waals surface area (Å²) in [7, 11) is -3.72. The average Bonchev–Trinajstić information content (AvgIpc) is 2.60. The van der Waals surface area contributed by atoms with E-state index in [2.05, 4.69) is 4.72 Å². The third kappa shape index (κ3) is 3.51. The summed E-state index contributed by atoms with van der Waals surface area (Å²) >= 11 is 0. The zero-order valence-corrected chi connectivity index (χ0v) is 14.1. The molecule has 0 fully saturated rings. The second-order valence-corrected chi connectivity index (χ2v) is 7.48. The van der Waals surface area contributed by atoms with Crippen LogP contribution in [0.2, 0.25) is 0 Å². The SMILES string of the molecule is Cc1ccccc1C(O)CNS(=O)(=O)C1=Cc2ccccc2OC1. The Labute approximate surface area is 141 Å². The van der Waals surface area contributed by atoms with Crippen molar-refractivity contribution in [3.05, 3.63) is 70.1 Å². The maximum atomic E-state index is 12.4. The van der Waals surface area contributed by atoms with Crippen molar-refractivity contribution in [2.45, 2.75) is 13.0 Å². The van der Waals surface area contributed by atoms with Gasteiger partial charge >= 0.3 is 0 Å². The number of fused-ring (bicyclic) bond motifs is 1.